The fraction of sp³-hybridized carbons (Fsp3) is 0.0645. The molecule has 0 bridgehead atoms. The van der Waals surface area contributed by atoms with Crippen molar-refractivity contribution in [2.45, 2.75) is 28.5 Å². The average Bonchev–Trinajstić information content (AvgIpc) is 3.37. The number of phenols is 1. The molecule has 1 radical (unpaired) electrons. The van der Waals surface area contributed by atoms with Gasteiger partial charge in [0.1, 0.15) is 33.1 Å². The number of azo groups is 2. The first-order valence-electron chi connectivity index (χ1n) is 14.8. The van der Waals surface area contributed by atoms with Gasteiger partial charge in [0.2, 0.25) is 0 Å². The van der Waals surface area contributed by atoms with E-state index in [2.05, 4.69) is 30.5 Å². The third-order valence-corrected chi connectivity index (χ3v) is 10.0. The molecule has 2 aromatic heterocycles. The minimum absolute atomic E-state index is 0. The average molecular weight is 866 g/mol. The first-order chi connectivity index (χ1) is 25.2. The summed E-state index contributed by atoms with van der Waals surface area (Å²) in [5.41, 5.74) is 7.10. The van der Waals surface area contributed by atoms with Crippen LogP contribution in [0.25, 0.3) is 27.4 Å². The second kappa shape index (κ2) is 16.3. The minimum atomic E-state index is -4.49. The van der Waals surface area contributed by atoms with Crippen LogP contribution in [-0.2, 0) is 32.0 Å². The van der Waals surface area contributed by atoms with Gasteiger partial charge in [-0.15, -0.1) is 15.3 Å². The predicted molar refractivity (Wildman–Crippen MR) is 199 cm³/mol. The van der Waals surface area contributed by atoms with E-state index in [1.54, 1.807) is 6.92 Å². The number of nitrogen functional groups attached to an aromatic ring is 1. The smallest absolute Gasteiger partial charge is 0.300 e. The first-order valence-corrected chi connectivity index (χ1v) is 19.3. The maximum Gasteiger partial charge on any atom is 0.300 e. The van der Waals surface area contributed by atoms with Gasteiger partial charge in [0.15, 0.2) is 17.3 Å². The molecular formula is C31H30CuN8O12S3. The molecule has 20 nitrogen and oxygen atoms in total. The zero-order chi connectivity index (χ0) is 39.7. The standard InChI is InChI=1S/C29H26N8O10S3.C2H4O2.Cu/c1-15-25(29(30)37(36-15)18-5-7-19(8-6-18)48(39,40)41)34-32-17-4-9-20-16(13-17)14-24(50(45,46)47)27(28(20)38)35-33-22-10-11-23(49(42,43)44)21-3-2-12-31-26(21)22;1-2(3)4;/h2-14,38,42-47H,30H2,1H3,(H,39,40,41);1H3,(H,3,4);. The first kappa shape index (κ1) is 42.7. The molecular weight excluding hydrogens is 836 g/mol. The predicted octanol–water partition coefficient (Wildman–Crippen LogP) is 8.50. The van der Waals surface area contributed by atoms with E-state index >= 15 is 0 Å². The molecule has 4 aromatic carbocycles. The number of nitrogens with zero attached hydrogens (tertiary/aromatic N) is 7. The number of aromatic hydroxyl groups is 1. The van der Waals surface area contributed by atoms with Crippen LogP contribution in [0.15, 0.2) is 114 Å². The van der Waals surface area contributed by atoms with Crippen molar-refractivity contribution < 1.29 is 72.4 Å². The topological polar surface area (TPSA) is 339 Å². The Hall–Kier alpha value is -5.08. The van der Waals surface area contributed by atoms with Crippen LogP contribution in [0.1, 0.15) is 12.6 Å². The molecule has 11 N–H and O–H groups in total. The Bertz CT molecular complexity index is 2590. The van der Waals surface area contributed by atoms with Gasteiger partial charge in [0.25, 0.3) is 16.1 Å². The molecule has 0 aliphatic carbocycles. The van der Waals surface area contributed by atoms with E-state index in [1.165, 1.54) is 83.7 Å². The Kier molecular flexibility index (Phi) is 12.7. The van der Waals surface area contributed by atoms with E-state index in [1.807, 2.05) is 0 Å². The molecule has 6 aromatic rings. The molecule has 0 amide bonds. The second-order valence-corrected chi connectivity index (χ2v) is 15.5. The van der Waals surface area contributed by atoms with Crippen LogP contribution < -0.4 is 5.73 Å². The molecule has 0 aliphatic rings. The molecule has 0 saturated carbocycles. The van der Waals surface area contributed by atoms with Gasteiger partial charge in [-0.1, -0.05) is 0 Å². The van der Waals surface area contributed by atoms with E-state index in [9.17, 15) is 45.4 Å². The Morgan fingerprint density at radius 2 is 1.40 bits per heavy atom. The van der Waals surface area contributed by atoms with Crippen LogP contribution >= 0.6 is 21.7 Å². The Morgan fingerprint density at radius 3 is 2.00 bits per heavy atom. The van der Waals surface area contributed by atoms with Gasteiger partial charge in [0.05, 0.1) is 37.3 Å². The summed E-state index contributed by atoms with van der Waals surface area (Å²) >= 11 is 0. The van der Waals surface area contributed by atoms with E-state index in [4.69, 9.17) is 15.6 Å². The third-order valence-electron chi connectivity index (χ3n) is 7.30. The van der Waals surface area contributed by atoms with Crippen LogP contribution in [0, 0.1) is 6.92 Å². The van der Waals surface area contributed by atoms with Gasteiger partial charge in [-0.2, -0.15) is 18.6 Å². The number of pyridine rings is 1. The fourth-order valence-corrected chi connectivity index (χ4v) is 6.86. The zero-order valence-corrected chi connectivity index (χ0v) is 31.4. The maximum atomic E-state index is 11.4. The minimum Gasteiger partial charge on any atom is -0.505 e. The SMILES string of the molecule is CC(=O)O.Cc1nn(-c2ccc(S(=O)(=O)O)cc2)c(N)c1N=Nc1ccc2c(O)c(N=Nc3ccc(S(O)(O)O)c4cccnc34)c(S(O)(O)O)cc2c1.[Cu]. The second-order valence-electron chi connectivity index (χ2n) is 11.1. The van der Waals surface area contributed by atoms with Gasteiger partial charge < -0.3 is 43.3 Å². The normalized spacial score (nSPS) is 12.8. The number of phenolic OH excluding ortho intramolecular Hbond substituents is 1. The van der Waals surface area contributed by atoms with Crippen LogP contribution in [0.5, 0.6) is 5.75 Å². The molecule has 55 heavy (non-hydrogen) atoms. The molecule has 0 fully saturated rings. The van der Waals surface area contributed by atoms with Crippen molar-refractivity contribution in [3.05, 3.63) is 84.7 Å². The largest absolute Gasteiger partial charge is 0.505 e. The van der Waals surface area contributed by atoms with Gasteiger partial charge in [-0.05, 0) is 85.1 Å². The molecule has 0 atom stereocenters. The van der Waals surface area contributed by atoms with Crippen molar-refractivity contribution in [3.8, 4) is 11.4 Å². The Morgan fingerprint density at radius 1 is 0.782 bits per heavy atom. The molecule has 24 heteroatoms. The quantitative estimate of drug-likeness (QED) is 0.0389. The van der Waals surface area contributed by atoms with Crippen molar-refractivity contribution in [1.82, 2.24) is 14.8 Å². The van der Waals surface area contributed by atoms with Gasteiger partial charge >= 0.3 is 0 Å². The summed E-state index contributed by atoms with van der Waals surface area (Å²) in [6.07, 6.45) is 1.39. The number of aryl methyl sites for hydroxylation is 1. The summed E-state index contributed by atoms with van der Waals surface area (Å²) in [7, 11) is -13.0. The Labute approximate surface area is 324 Å². The maximum absolute atomic E-state index is 11.4. The number of aromatic nitrogens is 3. The number of aliphatic carboxylic acids is 1. The van der Waals surface area contributed by atoms with Crippen molar-refractivity contribution in [3.63, 3.8) is 0 Å². The molecule has 2 heterocycles. The number of benzene rings is 4. The van der Waals surface area contributed by atoms with Crippen molar-refractivity contribution in [1.29, 1.82) is 0 Å². The number of carbonyl (C=O) groups is 1. The molecule has 0 saturated heterocycles. The van der Waals surface area contributed by atoms with E-state index in [-0.39, 0.29) is 71.4 Å². The van der Waals surface area contributed by atoms with Crippen LogP contribution in [0.3, 0.4) is 0 Å². The molecule has 295 valence electrons. The number of nitrogens with two attached hydrogens (primary N) is 1. The van der Waals surface area contributed by atoms with Gasteiger partial charge in [0, 0.05) is 41.0 Å². The molecule has 6 rings (SSSR count). The summed E-state index contributed by atoms with van der Waals surface area (Å²) in [5.74, 6) is -1.34. The summed E-state index contributed by atoms with van der Waals surface area (Å²) in [5, 5.41) is 39.9. The number of anilines is 1. The summed E-state index contributed by atoms with van der Waals surface area (Å²) in [6.45, 7) is 2.70. The van der Waals surface area contributed by atoms with Crippen LogP contribution in [0.2, 0.25) is 0 Å². The van der Waals surface area contributed by atoms with Crippen molar-refractivity contribution in [2.75, 3.05) is 5.73 Å². The van der Waals surface area contributed by atoms with E-state index in [0.29, 0.717) is 11.4 Å². The third kappa shape index (κ3) is 9.60. The van der Waals surface area contributed by atoms with E-state index in [0.717, 1.165) is 6.92 Å². The van der Waals surface area contributed by atoms with Crippen molar-refractivity contribution in [2.24, 2.45) is 20.5 Å². The molecule has 0 spiro atoms. The summed E-state index contributed by atoms with van der Waals surface area (Å²) in [6, 6.07) is 16.1. The van der Waals surface area contributed by atoms with Crippen LogP contribution in [-0.4, -0.2) is 71.2 Å². The number of hydrogen-bond acceptors (Lipinski definition) is 17. The number of carboxylic acids is 1. The number of fused-ring (bicyclic) bond motifs is 2. The monoisotopic (exact) mass is 865 g/mol. The number of carboxylic acid groups (broad SMARTS) is 1. The van der Waals surface area contributed by atoms with E-state index < -0.39 is 54.2 Å². The van der Waals surface area contributed by atoms with Crippen LogP contribution in [0.4, 0.5) is 28.6 Å². The number of hydrogen-bond donors (Lipinski definition) is 10. The fourth-order valence-electron chi connectivity index (χ4n) is 4.99. The van der Waals surface area contributed by atoms with Gasteiger partial charge in [-0.25, -0.2) is 4.68 Å². The Balaban J connectivity index is 0.00000128. The van der Waals surface area contributed by atoms with Crippen molar-refractivity contribution >= 4 is 88.1 Å². The zero-order valence-electron chi connectivity index (χ0n) is 28.0. The summed E-state index contributed by atoms with van der Waals surface area (Å²) < 4.78 is 93.5. The molecule has 0 unspecified atom stereocenters. The molecule has 0 aliphatic heterocycles. The number of rotatable bonds is 8. The summed E-state index contributed by atoms with van der Waals surface area (Å²) in [4.78, 5) is 12.1. The van der Waals surface area contributed by atoms with Gasteiger partial charge in [-0.3, -0.25) is 14.3 Å².